The van der Waals surface area contributed by atoms with Gasteiger partial charge in [0.15, 0.2) is 0 Å². The molecule has 0 radical (unpaired) electrons. The maximum Gasteiger partial charge on any atom is 0.269 e. The number of anilines is 1. The number of hydrogen-bond acceptors (Lipinski definition) is 4. The Hall–Kier alpha value is -2.11. The Balaban J connectivity index is 2.51. The second-order valence-corrected chi connectivity index (χ2v) is 4.53. The Bertz CT molecular complexity index is 472. The van der Waals surface area contributed by atoms with Crippen LogP contribution in [0.2, 0.25) is 0 Å². The lowest BCUT2D eigenvalue weighted by Crippen LogP contribution is -2.31. The summed E-state index contributed by atoms with van der Waals surface area (Å²) in [5, 5.41) is 5.85. The van der Waals surface area contributed by atoms with Gasteiger partial charge in [0.1, 0.15) is 5.69 Å². The van der Waals surface area contributed by atoms with Crippen LogP contribution in [0.1, 0.15) is 37.7 Å². The number of pyridine rings is 1. The molecule has 2 N–H and O–H groups in total. The van der Waals surface area contributed by atoms with Crippen molar-refractivity contribution in [1.82, 2.24) is 15.2 Å². The third-order valence-corrected chi connectivity index (χ3v) is 3.11. The van der Waals surface area contributed by atoms with Crippen LogP contribution in [0.4, 0.5) is 5.69 Å². The predicted octanol–water partition coefficient (Wildman–Crippen LogP) is 1.50. The van der Waals surface area contributed by atoms with Crippen molar-refractivity contribution >= 4 is 17.5 Å². The minimum atomic E-state index is -0.194. The number of nitrogens with one attached hydrogen (secondary N) is 2. The Morgan fingerprint density at radius 1 is 1.24 bits per heavy atom. The fourth-order valence-electron chi connectivity index (χ4n) is 1.96. The van der Waals surface area contributed by atoms with Crippen LogP contribution in [0.3, 0.4) is 0 Å². The quantitative estimate of drug-likeness (QED) is 0.761. The van der Waals surface area contributed by atoms with E-state index >= 15 is 0 Å². The molecule has 1 aromatic rings. The average molecular weight is 292 g/mol. The van der Waals surface area contributed by atoms with E-state index in [4.69, 9.17) is 0 Å². The molecule has 0 aliphatic heterocycles. The number of amides is 2. The lowest BCUT2D eigenvalue weighted by atomic mass is 10.3. The third-order valence-electron chi connectivity index (χ3n) is 3.11. The highest BCUT2D eigenvalue weighted by atomic mass is 16.2. The topological polar surface area (TPSA) is 74.3 Å². The van der Waals surface area contributed by atoms with Crippen LogP contribution in [-0.2, 0) is 4.79 Å². The van der Waals surface area contributed by atoms with E-state index in [1.165, 1.54) is 0 Å². The van der Waals surface area contributed by atoms with Crippen molar-refractivity contribution in [2.75, 3.05) is 31.5 Å². The molecule has 0 unspecified atom stereocenters. The maximum absolute atomic E-state index is 11.9. The van der Waals surface area contributed by atoms with Crippen LogP contribution < -0.4 is 10.6 Å². The largest absolute Gasteiger partial charge is 0.384 e. The molecule has 2 amide bonds. The SMILES string of the molecule is CCNC(=O)c1cc(NCCC(=O)N(CC)CC)ccn1. The predicted molar refractivity (Wildman–Crippen MR) is 83.3 cm³/mol. The van der Waals surface area contributed by atoms with Gasteiger partial charge in [0.25, 0.3) is 5.91 Å². The third kappa shape index (κ3) is 5.41. The summed E-state index contributed by atoms with van der Waals surface area (Å²) in [6.07, 6.45) is 2.01. The standard InChI is InChI=1S/C15H24N4O2/c1-4-16-15(21)13-11-12(7-9-18-13)17-10-8-14(20)19(5-2)6-3/h7,9,11H,4-6,8,10H2,1-3H3,(H,16,21)(H,17,18). The van der Waals surface area contributed by atoms with Crippen molar-refractivity contribution in [3.63, 3.8) is 0 Å². The first-order valence-electron chi connectivity index (χ1n) is 7.38. The van der Waals surface area contributed by atoms with Crippen LogP contribution in [-0.4, -0.2) is 47.9 Å². The van der Waals surface area contributed by atoms with E-state index in [0.29, 0.717) is 25.2 Å². The Kier molecular flexibility index (Phi) is 7.21. The molecule has 0 saturated heterocycles. The van der Waals surface area contributed by atoms with Gasteiger partial charge in [-0.05, 0) is 32.9 Å². The normalized spacial score (nSPS) is 10.0. The molecule has 0 spiro atoms. The second-order valence-electron chi connectivity index (χ2n) is 4.53. The van der Waals surface area contributed by atoms with E-state index < -0.39 is 0 Å². The molecule has 21 heavy (non-hydrogen) atoms. The first-order chi connectivity index (χ1) is 10.1. The van der Waals surface area contributed by atoms with Crippen molar-refractivity contribution in [3.8, 4) is 0 Å². The van der Waals surface area contributed by atoms with Crippen molar-refractivity contribution in [1.29, 1.82) is 0 Å². The zero-order valence-corrected chi connectivity index (χ0v) is 13.0. The Morgan fingerprint density at radius 2 is 1.95 bits per heavy atom. The van der Waals surface area contributed by atoms with Gasteiger partial charge >= 0.3 is 0 Å². The van der Waals surface area contributed by atoms with Crippen LogP contribution >= 0.6 is 0 Å². The molecule has 0 bridgehead atoms. The number of aromatic nitrogens is 1. The van der Waals surface area contributed by atoms with Crippen molar-refractivity contribution in [3.05, 3.63) is 24.0 Å². The molecular formula is C15H24N4O2. The molecule has 116 valence electrons. The summed E-state index contributed by atoms with van der Waals surface area (Å²) >= 11 is 0. The summed E-state index contributed by atoms with van der Waals surface area (Å²) < 4.78 is 0. The molecule has 0 fully saturated rings. The van der Waals surface area contributed by atoms with Gasteiger partial charge in [-0.1, -0.05) is 0 Å². The molecule has 1 rings (SSSR count). The molecule has 0 atom stereocenters. The van der Waals surface area contributed by atoms with E-state index in [1.54, 1.807) is 23.2 Å². The number of nitrogens with zero attached hydrogens (tertiary/aromatic N) is 2. The number of hydrogen-bond donors (Lipinski definition) is 2. The highest BCUT2D eigenvalue weighted by Gasteiger charge is 2.09. The monoisotopic (exact) mass is 292 g/mol. The Labute approximate surface area is 125 Å². The van der Waals surface area contributed by atoms with Gasteiger partial charge in [-0.2, -0.15) is 0 Å². The molecule has 1 aromatic heterocycles. The van der Waals surface area contributed by atoms with Gasteiger partial charge in [0.05, 0.1) is 0 Å². The summed E-state index contributed by atoms with van der Waals surface area (Å²) in [6.45, 7) is 8.36. The van der Waals surface area contributed by atoms with Gasteiger partial charge in [-0.25, -0.2) is 0 Å². The zero-order chi connectivity index (χ0) is 15.7. The van der Waals surface area contributed by atoms with Gasteiger partial charge in [-0.15, -0.1) is 0 Å². The fraction of sp³-hybridized carbons (Fsp3) is 0.533. The second kappa shape index (κ2) is 8.94. The molecule has 0 aliphatic rings. The first-order valence-corrected chi connectivity index (χ1v) is 7.38. The van der Waals surface area contributed by atoms with Crippen LogP contribution in [0.25, 0.3) is 0 Å². The van der Waals surface area contributed by atoms with Gasteiger partial charge in [0, 0.05) is 44.5 Å². The highest BCUT2D eigenvalue weighted by molar-refractivity contribution is 5.93. The van der Waals surface area contributed by atoms with Crippen LogP contribution in [0.5, 0.6) is 0 Å². The molecule has 1 heterocycles. The summed E-state index contributed by atoms with van der Waals surface area (Å²) in [6, 6.07) is 3.47. The lowest BCUT2D eigenvalue weighted by molar-refractivity contribution is -0.130. The molecule has 0 saturated carbocycles. The summed E-state index contributed by atoms with van der Waals surface area (Å²) in [4.78, 5) is 29.4. The maximum atomic E-state index is 11.9. The minimum Gasteiger partial charge on any atom is -0.384 e. The molecule has 6 nitrogen and oxygen atoms in total. The Morgan fingerprint density at radius 3 is 2.57 bits per heavy atom. The summed E-state index contributed by atoms with van der Waals surface area (Å²) in [5.41, 5.74) is 1.16. The summed E-state index contributed by atoms with van der Waals surface area (Å²) in [7, 11) is 0. The average Bonchev–Trinajstić information content (AvgIpc) is 2.49. The van der Waals surface area contributed by atoms with Gasteiger partial charge in [-0.3, -0.25) is 14.6 Å². The molecule has 0 aliphatic carbocycles. The van der Waals surface area contributed by atoms with E-state index in [0.717, 1.165) is 18.8 Å². The van der Waals surface area contributed by atoms with Crippen molar-refractivity contribution < 1.29 is 9.59 Å². The number of carbonyl (C=O) groups excluding carboxylic acids is 2. The van der Waals surface area contributed by atoms with Crippen molar-refractivity contribution in [2.24, 2.45) is 0 Å². The van der Waals surface area contributed by atoms with E-state index in [-0.39, 0.29) is 11.8 Å². The van der Waals surface area contributed by atoms with E-state index in [1.807, 2.05) is 20.8 Å². The molecule has 0 aromatic carbocycles. The number of rotatable bonds is 8. The molecular weight excluding hydrogens is 268 g/mol. The smallest absolute Gasteiger partial charge is 0.269 e. The highest BCUT2D eigenvalue weighted by Crippen LogP contribution is 2.08. The zero-order valence-electron chi connectivity index (χ0n) is 13.0. The first kappa shape index (κ1) is 16.9. The summed E-state index contributed by atoms with van der Waals surface area (Å²) in [5.74, 6) is -0.0640. The number of carbonyl (C=O) groups is 2. The van der Waals surface area contributed by atoms with E-state index in [2.05, 4.69) is 15.6 Å². The van der Waals surface area contributed by atoms with Gasteiger partial charge < -0.3 is 15.5 Å². The fourth-order valence-corrected chi connectivity index (χ4v) is 1.96. The molecule has 6 heteroatoms. The lowest BCUT2D eigenvalue weighted by Gasteiger charge is -2.18. The van der Waals surface area contributed by atoms with Crippen LogP contribution in [0, 0.1) is 0 Å². The van der Waals surface area contributed by atoms with Crippen LogP contribution in [0.15, 0.2) is 18.3 Å². The van der Waals surface area contributed by atoms with Crippen molar-refractivity contribution in [2.45, 2.75) is 27.2 Å². The van der Waals surface area contributed by atoms with Gasteiger partial charge in [0.2, 0.25) is 5.91 Å². The minimum absolute atomic E-state index is 0.130. The van der Waals surface area contributed by atoms with E-state index in [9.17, 15) is 9.59 Å².